The second-order valence-electron chi connectivity index (χ2n) is 3.61. The average molecular weight is 249 g/mol. The molecule has 0 bridgehead atoms. The van der Waals surface area contributed by atoms with Gasteiger partial charge in [-0.3, -0.25) is 24.3 Å². The SMILES string of the molecule is CONC(=O)Cn1[nH]c(=O)c2ccccc2c1=O. The topological polar surface area (TPSA) is 93.2 Å². The van der Waals surface area contributed by atoms with Crippen LogP contribution in [-0.2, 0) is 16.2 Å². The van der Waals surface area contributed by atoms with Gasteiger partial charge in [0, 0.05) is 0 Å². The summed E-state index contributed by atoms with van der Waals surface area (Å²) in [6.45, 7) is -0.313. The molecule has 94 valence electrons. The highest BCUT2D eigenvalue weighted by atomic mass is 16.6. The molecule has 0 spiro atoms. The quantitative estimate of drug-likeness (QED) is 0.708. The highest BCUT2D eigenvalue weighted by molar-refractivity contribution is 5.80. The number of hydrogen-bond acceptors (Lipinski definition) is 4. The third kappa shape index (κ3) is 2.16. The van der Waals surface area contributed by atoms with Gasteiger partial charge in [0.25, 0.3) is 17.0 Å². The van der Waals surface area contributed by atoms with Gasteiger partial charge >= 0.3 is 0 Å². The van der Waals surface area contributed by atoms with Crippen LogP contribution in [0.5, 0.6) is 0 Å². The van der Waals surface area contributed by atoms with E-state index < -0.39 is 17.0 Å². The van der Waals surface area contributed by atoms with Crippen LogP contribution < -0.4 is 16.6 Å². The number of aromatic nitrogens is 2. The van der Waals surface area contributed by atoms with Crippen molar-refractivity contribution in [3.05, 3.63) is 45.0 Å². The van der Waals surface area contributed by atoms with Crippen LogP contribution in [0.4, 0.5) is 0 Å². The molecule has 1 aromatic heterocycles. The predicted molar refractivity (Wildman–Crippen MR) is 64.0 cm³/mol. The molecule has 0 fully saturated rings. The van der Waals surface area contributed by atoms with E-state index in [-0.39, 0.29) is 11.9 Å². The number of aromatic amines is 1. The third-order valence-corrected chi connectivity index (χ3v) is 2.40. The number of amides is 1. The van der Waals surface area contributed by atoms with Crippen molar-refractivity contribution in [1.82, 2.24) is 15.3 Å². The molecule has 0 saturated heterocycles. The van der Waals surface area contributed by atoms with Crippen molar-refractivity contribution in [2.75, 3.05) is 7.11 Å². The molecule has 1 heterocycles. The molecule has 0 radical (unpaired) electrons. The molecule has 2 aromatic rings. The van der Waals surface area contributed by atoms with E-state index in [1.807, 2.05) is 0 Å². The summed E-state index contributed by atoms with van der Waals surface area (Å²) in [6.07, 6.45) is 0. The van der Waals surface area contributed by atoms with E-state index >= 15 is 0 Å². The monoisotopic (exact) mass is 249 g/mol. The Kier molecular flexibility index (Phi) is 3.24. The largest absolute Gasteiger partial charge is 0.277 e. The fourth-order valence-electron chi connectivity index (χ4n) is 1.65. The van der Waals surface area contributed by atoms with Gasteiger partial charge in [0.1, 0.15) is 6.54 Å². The lowest BCUT2D eigenvalue weighted by Gasteiger charge is -2.06. The molecule has 0 aliphatic rings. The van der Waals surface area contributed by atoms with Crippen LogP contribution in [-0.4, -0.2) is 22.8 Å². The van der Waals surface area contributed by atoms with Gasteiger partial charge < -0.3 is 0 Å². The number of hydrogen-bond donors (Lipinski definition) is 2. The molecule has 1 amide bonds. The van der Waals surface area contributed by atoms with Crippen molar-refractivity contribution in [3.63, 3.8) is 0 Å². The number of benzene rings is 1. The Balaban J connectivity index is 2.54. The van der Waals surface area contributed by atoms with Gasteiger partial charge in [-0.25, -0.2) is 10.2 Å². The molecule has 0 unspecified atom stereocenters. The Morgan fingerprint density at radius 3 is 2.67 bits per heavy atom. The van der Waals surface area contributed by atoms with Crippen LogP contribution in [0.2, 0.25) is 0 Å². The summed E-state index contributed by atoms with van der Waals surface area (Å²) in [7, 11) is 1.28. The zero-order valence-corrected chi connectivity index (χ0v) is 9.60. The fraction of sp³-hybridized carbons (Fsp3) is 0.182. The van der Waals surface area contributed by atoms with Gasteiger partial charge in [0.15, 0.2) is 0 Å². The Morgan fingerprint density at radius 2 is 2.00 bits per heavy atom. The smallest absolute Gasteiger partial charge is 0.273 e. The van der Waals surface area contributed by atoms with E-state index in [0.717, 1.165) is 4.68 Å². The van der Waals surface area contributed by atoms with Crippen LogP contribution in [0.1, 0.15) is 0 Å². The zero-order valence-electron chi connectivity index (χ0n) is 9.60. The second-order valence-corrected chi connectivity index (χ2v) is 3.61. The molecule has 0 aliphatic carbocycles. The molecule has 0 saturated carbocycles. The van der Waals surface area contributed by atoms with Gasteiger partial charge in [0.2, 0.25) is 0 Å². The number of nitrogens with one attached hydrogen (secondary N) is 2. The molecule has 0 atom stereocenters. The maximum Gasteiger partial charge on any atom is 0.273 e. The maximum atomic E-state index is 12.0. The number of carbonyl (C=O) groups is 1. The Labute approximate surface area is 101 Å². The molecule has 7 heteroatoms. The summed E-state index contributed by atoms with van der Waals surface area (Å²) < 4.78 is 0.943. The first kappa shape index (κ1) is 12.1. The van der Waals surface area contributed by atoms with Gasteiger partial charge in [0.05, 0.1) is 17.9 Å². The Hall–Kier alpha value is -2.41. The van der Waals surface area contributed by atoms with Crippen LogP contribution in [0, 0.1) is 0 Å². The van der Waals surface area contributed by atoms with Crippen molar-refractivity contribution in [2.45, 2.75) is 6.54 Å². The number of hydroxylamine groups is 1. The van der Waals surface area contributed by atoms with E-state index in [0.29, 0.717) is 5.39 Å². The van der Waals surface area contributed by atoms with E-state index in [9.17, 15) is 14.4 Å². The fourth-order valence-corrected chi connectivity index (χ4v) is 1.65. The first-order chi connectivity index (χ1) is 8.63. The lowest BCUT2D eigenvalue weighted by Crippen LogP contribution is -2.36. The molecule has 0 aliphatic heterocycles. The molecule has 2 N–H and O–H groups in total. The standard InChI is InChI=1S/C11H11N3O4/c1-18-13-9(15)6-14-11(17)8-5-3-2-4-7(8)10(16)12-14/h2-5H,6H2,1H3,(H,12,16)(H,13,15). The minimum absolute atomic E-state index is 0.270. The summed E-state index contributed by atoms with van der Waals surface area (Å²) in [4.78, 5) is 39.4. The van der Waals surface area contributed by atoms with Gasteiger partial charge in [-0.1, -0.05) is 12.1 Å². The molecular weight excluding hydrogens is 238 g/mol. The van der Waals surface area contributed by atoms with Crippen molar-refractivity contribution < 1.29 is 9.63 Å². The third-order valence-electron chi connectivity index (χ3n) is 2.40. The lowest BCUT2D eigenvalue weighted by atomic mass is 10.2. The maximum absolute atomic E-state index is 12.0. The second kappa shape index (κ2) is 4.84. The minimum Gasteiger partial charge on any atom is -0.277 e. The van der Waals surface area contributed by atoms with Gasteiger partial charge in [-0.15, -0.1) is 0 Å². The summed E-state index contributed by atoms with van der Waals surface area (Å²) in [5.74, 6) is -0.537. The van der Waals surface area contributed by atoms with Crippen molar-refractivity contribution in [2.24, 2.45) is 0 Å². The van der Waals surface area contributed by atoms with Crippen molar-refractivity contribution >= 4 is 16.7 Å². The minimum atomic E-state index is -0.537. The Morgan fingerprint density at radius 1 is 1.33 bits per heavy atom. The normalized spacial score (nSPS) is 10.5. The van der Waals surface area contributed by atoms with Gasteiger partial charge in [-0.05, 0) is 12.1 Å². The molecule has 2 rings (SSSR count). The number of rotatable bonds is 3. The summed E-state index contributed by atoms with van der Waals surface area (Å²) in [5, 5.41) is 2.91. The molecule has 18 heavy (non-hydrogen) atoms. The van der Waals surface area contributed by atoms with Crippen LogP contribution in [0.3, 0.4) is 0 Å². The van der Waals surface area contributed by atoms with Crippen molar-refractivity contribution in [1.29, 1.82) is 0 Å². The zero-order chi connectivity index (χ0) is 13.1. The number of H-pyrrole nitrogens is 1. The average Bonchev–Trinajstić information content (AvgIpc) is 2.36. The number of fused-ring (bicyclic) bond motifs is 1. The van der Waals surface area contributed by atoms with E-state index in [2.05, 4.69) is 15.4 Å². The highest BCUT2D eigenvalue weighted by Crippen LogP contribution is 2.02. The summed E-state index contributed by atoms with van der Waals surface area (Å²) in [6, 6.07) is 6.41. The summed E-state index contributed by atoms with van der Waals surface area (Å²) in [5.41, 5.74) is 1.21. The van der Waals surface area contributed by atoms with E-state index in [1.165, 1.54) is 13.2 Å². The van der Waals surface area contributed by atoms with Gasteiger partial charge in [-0.2, -0.15) is 0 Å². The van der Waals surface area contributed by atoms with E-state index in [1.54, 1.807) is 18.2 Å². The van der Waals surface area contributed by atoms with Crippen LogP contribution in [0.25, 0.3) is 10.8 Å². The lowest BCUT2D eigenvalue weighted by molar-refractivity contribution is -0.132. The first-order valence-electron chi connectivity index (χ1n) is 5.17. The number of nitrogens with zero attached hydrogens (tertiary/aromatic N) is 1. The Bertz CT molecular complexity index is 701. The van der Waals surface area contributed by atoms with Crippen LogP contribution in [0.15, 0.2) is 33.9 Å². The van der Waals surface area contributed by atoms with Crippen molar-refractivity contribution in [3.8, 4) is 0 Å². The number of carbonyl (C=O) groups excluding carboxylic acids is 1. The van der Waals surface area contributed by atoms with E-state index in [4.69, 9.17) is 0 Å². The predicted octanol–water partition coefficient (Wildman–Crippen LogP) is -0.633. The van der Waals surface area contributed by atoms with Crippen LogP contribution >= 0.6 is 0 Å². The molecule has 7 nitrogen and oxygen atoms in total. The summed E-state index contributed by atoms with van der Waals surface area (Å²) >= 11 is 0. The molecular formula is C11H11N3O4. The first-order valence-corrected chi connectivity index (χ1v) is 5.17. The highest BCUT2D eigenvalue weighted by Gasteiger charge is 2.09. The molecule has 1 aromatic carbocycles.